The van der Waals surface area contributed by atoms with Gasteiger partial charge in [0, 0.05) is 45.0 Å². The summed E-state index contributed by atoms with van der Waals surface area (Å²) in [7, 11) is 2.05. The maximum atomic E-state index is 12.3. The Bertz CT molecular complexity index is 740. The van der Waals surface area contributed by atoms with Crippen LogP contribution in [0.25, 0.3) is 0 Å². The molecule has 136 valence electrons. The molecule has 6 nitrogen and oxygen atoms in total. The molecule has 0 bridgehead atoms. The molecule has 1 saturated heterocycles. The molecule has 6 heteroatoms. The lowest BCUT2D eigenvalue weighted by Gasteiger charge is -2.32. The maximum absolute atomic E-state index is 12.3. The number of aromatic nitrogens is 4. The summed E-state index contributed by atoms with van der Waals surface area (Å²) >= 11 is 0. The van der Waals surface area contributed by atoms with Crippen molar-refractivity contribution >= 4 is 0 Å². The second kappa shape index (κ2) is 7.95. The van der Waals surface area contributed by atoms with E-state index in [0.29, 0.717) is 11.8 Å². The molecule has 3 heterocycles. The number of hydrogen-bond donors (Lipinski definition) is 0. The van der Waals surface area contributed by atoms with Crippen LogP contribution in [0.4, 0.5) is 0 Å². The molecule has 0 aromatic carbocycles. The minimum absolute atomic E-state index is 0.0795. The van der Waals surface area contributed by atoms with Crippen LogP contribution in [-0.4, -0.2) is 43.6 Å². The topological polar surface area (TPSA) is 56.0 Å². The Kier molecular flexibility index (Phi) is 5.68. The number of imidazole rings is 1. The van der Waals surface area contributed by atoms with Crippen LogP contribution in [0.1, 0.15) is 44.1 Å². The Morgan fingerprint density at radius 3 is 2.60 bits per heavy atom. The van der Waals surface area contributed by atoms with E-state index in [1.165, 1.54) is 0 Å². The van der Waals surface area contributed by atoms with Gasteiger partial charge in [-0.15, -0.1) is 0 Å². The van der Waals surface area contributed by atoms with E-state index in [9.17, 15) is 4.79 Å². The number of piperidine rings is 1. The van der Waals surface area contributed by atoms with Crippen LogP contribution >= 0.6 is 0 Å². The van der Waals surface area contributed by atoms with Gasteiger partial charge in [0.2, 0.25) is 0 Å². The Morgan fingerprint density at radius 2 is 2.00 bits per heavy atom. The van der Waals surface area contributed by atoms with Crippen LogP contribution in [0.3, 0.4) is 0 Å². The van der Waals surface area contributed by atoms with Crippen molar-refractivity contribution in [1.82, 2.24) is 24.0 Å². The molecule has 0 atom stereocenters. The Morgan fingerprint density at radius 1 is 1.24 bits per heavy atom. The van der Waals surface area contributed by atoms with Gasteiger partial charge in [-0.25, -0.2) is 9.97 Å². The molecule has 25 heavy (non-hydrogen) atoms. The highest BCUT2D eigenvalue weighted by Gasteiger charge is 2.20. The van der Waals surface area contributed by atoms with Gasteiger partial charge < -0.3 is 9.47 Å². The van der Waals surface area contributed by atoms with Gasteiger partial charge in [-0.05, 0) is 37.8 Å². The summed E-state index contributed by atoms with van der Waals surface area (Å²) in [5, 5.41) is 0. The van der Waals surface area contributed by atoms with E-state index in [1.54, 1.807) is 17.0 Å². The van der Waals surface area contributed by atoms with Gasteiger partial charge in [0.15, 0.2) is 0 Å². The van der Waals surface area contributed by atoms with Gasteiger partial charge in [-0.1, -0.05) is 13.8 Å². The van der Waals surface area contributed by atoms with Gasteiger partial charge >= 0.3 is 0 Å². The number of aryl methyl sites for hydroxylation is 1. The molecule has 1 aliphatic rings. The molecule has 0 spiro atoms. The molecule has 2 aromatic heterocycles. The summed E-state index contributed by atoms with van der Waals surface area (Å²) in [5.41, 5.74) is 0.960. The third-order valence-electron chi connectivity index (χ3n) is 5.23. The number of rotatable bonds is 6. The smallest absolute Gasteiger partial charge is 0.253 e. The SMILES string of the molecule is CC(C)c1cc(=O)n(CC2CCN(CCc3nccn3C)CC2)cn1. The summed E-state index contributed by atoms with van der Waals surface area (Å²) in [6.45, 7) is 8.17. The fourth-order valence-corrected chi connectivity index (χ4v) is 3.46. The molecule has 1 fully saturated rings. The Labute approximate surface area is 149 Å². The standard InChI is InChI=1S/C19H29N5O/c1-15(2)17-12-19(25)24(14-21-17)13-16-4-8-23(9-5-16)10-6-18-20-7-11-22(18)3/h7,11-12,14-16H,4-6,8-10,13H2,1-3H3. The van der Waals surface area contributed by atoms with Crippen LogP contribution < -0.4 is 5.56 Å². The van der Waals surface area contributed by atoms with Gasteiger partial charge in [-0.3, -0.25) is 9.36 Å². The van der Waals surface area contributed by atoms with Gasteiger partial charge in [-0.2, -0.15) is 0 Å². The second-order valence-corrected chi connectivity index (χ2v) is 7.45. The predicted octanol–water partition coefficient (Wildman–Crippen LogP) is 2.05. The molecule has 0 saturated carbocycles. The van der Waals surface area contributed by atoms with Gasteiger partial charge in [0.05, 0.1) is 12.0 Å². The van der Waals surface area contributed by atoms with E-state index < -0.39 is 0 Å². The molecule has 3 rings (SSSR count). The first-order valence-corrected chi connectivity index (χ1v) is 9.28. The normalized spacial score (nSPS) is 16.6. The van der Waals surface area contributed by atoms with E-state index in [1.807, 2.05) is 19.4 Å². The summed E-state index contributed by atoms with van der Waals surface area (Å²) in [6.07, 6.45) is 8.85. The van der Waals surface area contributed by atoms with E-state index in [2.05, 4.69) is 33.3 Å². The van der Waals surface area contributed by atoms with Crippen LogP contribution in [0, 0.1) is 5.92 Å². The Hall–Kier alpha value is -1.95. The molecular formula is C19H29N5O. The monoisotopic (exact) mass is 343 g/mol. The van der Waals surface area contributed by atoms with Gasteiger partial charge in [0.25, 0.3) is 5.56 Å². The lowest BCUT2D eigenvalue weighted by atomic mass is 9.96. The molecule has 0 aliphatic carbocycles. The fourth-order valence-electron chi connectivity index (χ4n) is 3.46. The first-order chi connectivity index (χ1) is 12.0. The van der Waals surface area contributed by atoms with E-state index in [-0.39, 0.29) is 5.56 Å². The van der Waals surface area contributed by atoms with Crippen LogP contribution in [0.15, 0.2) is 29.6 Å². The number of nitrogens with zero attached hydrogens (tertiary/aromatic N) is 5. The molecule has 0 N–H and O–H groups in total. The maximum Gasteiger partial charge on any atom is 0.253 e. The van der Waals surface area contributed by atoms with E-state index >= 15 is 0 Å². The zero-order valence-corrected chi connectivity index (χ0v) is 15.6. The molecule has 0 amide bonds. The average Bonchev–Trinajstić information content (AvgIpc) is 3.01. The van der Waals surface area contributed by atoms with Crippen LogP contribution in [0.2, 0.25) is 0 Å². The fraction of sp³-hybridized carbons (Fsp3) is 0.632. The largest absolute Gasteiger partial charge is 0.338 e. The highest BCUT2D eigenvalue weighted by atomic mass is 16.1. The highest BCUT2D eigenvalue weighted by molar-refractivity contribution is 5.04. The summed E-state index contributed by atoms with van der Waals surface area (Å²) in [5.74, 6) is 2.00. The van der Waals surface area contributed by atoms with E-state index in [0.717, 1.165) is 57.0 Å². The first-order valence-electron chi connectivity index (χ1n) is 9.28. The lowest BCUT2D eigenvalue weighted by molar-refractivity contribution is 0.173. The van der Waals surface area contributed by atoms with Crippen molar-refractivity contribution < 1.29 is 0 Å². The van der Waals surface area contributed by atoms with Crippen molar-refractivity contribution in [3.05, 3.63) is 46.7 Å². The van der Waals surface area contributed by atoms with Crippen molar-refractivity contribution in [2.24, 2.45) is 13.0 Å². The molecular weight excluding hydrogens is 314 g/mol. The molecule has 1 aliphatic heterocycles. The van der Waals surface area contributed by atoms with Crippen molar-refractivity contribution in [2.45, 2.75) is 45.6 Å². The summed E-state index contributed by atoms with van der Waals surface area (Å²) < 4.78 is 3.87. The zero-order chi connectivity index (χ0) is 17.8. The highest BCUT2D eigenvalue weighted by Crippen LogP contribution is 2.19. The Balaban J connectivity index is 1.48. The zero-order valence-electron chi connectivity index (χ0n) is 15.6. The van der Waals surface area contributed by atoms with Crippen LogP contribution in [0.5, 0.6) is 0 Å². The minimum atomic E-state index is 0.0795. The van der Waals surface area contributed by atoms with Crippen LogP contribution in [-0.2, 0) is 20.0 Å². The number of likely N-dealkylation sites (tertiary alicyclic amines) is 1. The minimum Gasteiger partial charge on any atom is -0.338 e. The van der Waals surface area contributed by atoms with Crippen molar-refractivity contribution in [1.29, 1.82) is 0 Å². The first kappa shape index (κ1) is 17.9. The third-order valence-corrected chi connectivity index (χ3v) is 5.23. The molecule has 2 aromatic rings. The summed E-state index contributed by atoms with van der Waals surface area (Å²) in [4.78, 5) is 23.6. The lowest BCUT2D eigenvalue weighted by Crippen LogP contribution is -2.37. The number of hydrogen-bond acceptors (Lipinski definition) is 4. The average molecular weight is 343 g/mol. The summed E-state index contributed by atoms with van der Waals surface area (Å²) in [6, 6.07) is 1.69. The van der Waals surface area contributed by atoms with Gasteiger partial charge in [0.1, 0.15) is 5.82 Å². The third kappa shape index (κ3) is 4.57. The predicted molar refractivity (Wildman–Crippen MR) is 98.7 cm³/mol. The van der Waals surface area contributed by atoms with Crippen molar-refractivity contribution in [2.75, 3.05) is 19.6 Å². The quantitative estimate of drug-likeness (QED) is 0.806. The van der Waals surface area contributed by atoms with Crippen molar-refractivity contribution in [3.8, 4) is 0 Å². The second-order valence-electron chi connectivity index (χ2n) is 7.45. The molecule has 0 radical (unpaired) electrons. The molecule has 0 unspecified atom stereocenters. The van der Waals surface area contributed by atoms with Crippen molar-refractivity contribution in [3.63, 3.8) is 0 Å². The van der Waals surface area contributed by atoms with E-state index in [4.69, 9.17) is 0 Å².